The van der Waals surface area contributed by atoms with Crippen molar-refractivity contribution in [3.05, 3.63) is 54.1 Å². The lowest BCUT2D eigenvalue weighted by Gasteiger charge is -2.27. The minimum Gasteiger partial charge on any atom is -0.465 e. The fourth-order valence-corrected chi connectivity index (χ4v) is 2.99. The minimum absolute atomic E-state index is 0.109. The van der Waals surface area contributed by atoms with Gasteiger partial charge >= 0.3 is 21.6 Å². The molecule has 5 nitrogen and oxygen atoms in total. The Labute approximate surface area is 149 Å². The van der Waals surface area contributed by atoms with E-state index in [0.29, 0.717) is 6.42 Å². The van der Waals surface area contributed by atoms with Crippen LogP contribution in [0.1, 0.15) is 18.9 Å². The van der Waals surface area contributed by atoms with Gasteiger partial charge in [0, 0.05) is 0 Å². The number of ether oxygens (including phenoxy) is 1. The zero-order valence-corrected chi connectivity index (χ0v) is 14.6. The summed E-state index contributed by atoms with van der Waals surface area (Å²) in [5, 5.41) is 0. The maximum Gasteiger partial charge on any atom is 0.534 e. The molecule has 0 saturated carbocycles. The molecule has 0 bridgehead atoms. The van der Waals surface area contributed by atoms with Crippen molar-refractivity contribution in [2.45, 2.75) is 25.3 Å². The van der Waals surface area contributed by atoms with E-state index in [4.69, 9.17) is 4.74 Å². The monoisotopic (exact) mass is 390 g/mol. The number of alkyl halides is 3. The molecule has 0 aliphatic heterocycles. The number of rotatable bonds is 6. The number of carbonyl (C=O) groups is 1. The van der Waals surface area contributed by atoms with Gasteiger partial charge in [-0.25, -0.2) is 0 Å². The van der Waals surface area contributed by atoms with Gasteiger partial charge in [-0.2, -0.15) is 21.6 Å². The maximum absolute atomic E-state index is 12.6. The molecule has 0 aromatic heterocycles. The molecule has 0 N–H and O–H groups in total. The van der Waals surface area contributed by atoms with Crippen molar-refractivity contribution in [2.24, 2.45) is 5.41 Å². The molecule has 0 heterocycles. The molecule has 26 heavy (non-hydrogen) atoms. The minimum atomic E-state index is -5.82. The summed E-state index contributed by atoms with van der Waals surface area (Å²) in [7, 11) is -5.82. The van der Waals surface area contributed by atoms with Crippen LogP contribution in [0.3, 0.4) is 0 Å². The highest BCUT2D eigenvalue weighted by molar-refractivity contribution is 7.88. The molecule has 9 heteroatoms. The molecule has 2 rings (SSSR count). The molecule has 0 saturated heterocycles. The van der Waals surface area contributed by atoms with Crippen LogP contribution < -0.4 is 4.18 Å². The summed E-state index contributed by atoms with van der Waals surface area (Å²) >= 11 is 0. The first kappa shape index (κ1) is 20.0. The van der Waals surface area contributed by atoms with Gasteiger partial charge in [0.15, 0.2) is 0 Å². The molecule has 142 valence electrons. The van der Waals surface area contributed by atoms with Crippen LogP contribution in [0.5, 0.6) is 5.75 Å². The predicted octanol–water partition coefficient (Wildman–Crippen LogP) is 3.52. The number of benzene rings is 1. The first-order valence-electron chi connectivity index (χ1n) is 7.72. The molecular weight excluding hydrogens is 373 g/mol. The molecule has 0 unspecified atom stereocenters. The average molecular weight is 390 g/mol. The smallest absolute Gasteiger partial charge is 0.465 e. The van der Waals surface area contributed by atoms with E-state index in [0.717, 1.165) is 6.07 Å². The molecule has 0 atom stereocenters. The van der Waals surface area contributed by atoms with Gasteiger partial charge in [-0.05, 0) is 31.4 Å². The normalized spacial score (nSPS) is 16.3. The third-order valence-corrected chi connectivity index (χ3v) is 4.66. The first-order chi connectivity index (χ1) is 12.1. The number of esters is 1. The summed E-state index contributed by atoms with van der Waals surface area (Å²) in [5.41, 5.74) is -6.66. The Kier molecular flexibility index (Phi) is 5.80. The van der Waals surface area contributed by atoms with Gasteiger partial charge in [-0.3, -0.25) is 4.79 Å². The van der Waals surface area contributed by atoms with Crippen molar-refractivity contribution in [3.8, 4) is 5.75 Å². The molecule has 1 aromatic carbocycles. The lowest BCUT2D eigenvalue weighted by molar-refractivity contribution is -0.150. The molecule has 0 amide bonds. The number of carbonyl (C=O) groups excluding carboxylic acids is 1. The van der Waals surface area contributed by atoms with Crippen LogP contribution in [0.2, 0.25) is 0 Å². The van der Waals surface area contributed by atoms with E-state index in [2.05, 4.69) is 4.18 Å². The van der Waals surface area contributed by atoms with E-state index in [1.165, 1.54) is 18.2 Å². The van der Waals surface area contributed by atoms with E-state index in [1.54, 1.807) is 31.2 Å². The van der Waals surface area contributed by atoms with Gasteiger partial charge in [0.25, 0.3) is 0 Å². The summed E-state index contributed by atoms with van der Waals surface area (Å²) in [4.78, 5) is 12.4. The summed E-state index contributed by atoms with van der Waals surface area (Å²) in [6.07, 6.45) is 7.14. The zero-order valence-electron chi connectivity index (χ0n) is 13.8. The molecule has 1 aromatic rings. The quantitative estimate of drug-likeness (QED) is 0.322. The van der Waals surface area contributed by atoms with E-state index >= 15 is 0 Å². The van der Waals surface area contributed by atoms with Gasteiger partial charge in [0.2, 0.25) is 0 Å². The second-order valence-electron chi connectivity index (χ2n) is 5.57. The fourth-order valence-electron chi connectivity index (χ4n) is 2.49. The number of hydrogen-bond donors (Lipinski definition) is 0. The average Bonchev–Trinajstić information content (AvgIpc) is 2.56. The van der Waals surface area contributed by atoms with E-state index in [9.17, 15) is 26.4 Å². The summed E-state index contributed by atoms with van der Waals surface area (Å²) in [6.45, 7) is 1.76. The summed E-state index contributed by atoms with van der Waals surface area (Å²) in [5.74, 6) is -1.07. The lowest BCUT2D eigenvalue weighted by Crippen LogP contribution is -2.33. The van der Waals surface area contributed by atoms with Gasteiger partial charge in [-0.15, -0.1) is 0 Å². The Morgan fingerprint density at radius 1 is 1.19 bits per heavy atom. The Balaban J connectivity index is 2.40. The molecule has 0 spiro atoms. The van der Waals surface area contributed by atoms with Crippen LogP contribution in [-0.4, -0.2) is 26.5 Å². The van der Waals surface area contributed by atoms with Crippen LogP contribution >= 0.6 is 0 Å². The Morgan fingerprint density at radius 3 is 2.38 bits per heavy atom. The Bertz CT molecular complexity index is 813. The standard InChI is InChI=1S/C17H17F3O5S/c1-2-24-15(21)16(10-6-3-7-11-16)12-13-8-4-5-9-14(13)25-26(22,23)17(18,19)20/h4-11H,2-3,12H2,1H3. The highest BCUT2D eigenvalue weighted by Crippen LogP contribution is 2.36. The molecular formula is C17H17F3O5S. The molecule has 1 aliphatic rings. The van der Waals surface area contributed by atoms with Crippen molar-refractivity contribution in [1.29, 1.82) is 0 Å². The van der Waals surface area contributed by atoms with E-state index in [-0.39, 0.29) is 18.6 Å². The molecule has 0 fully saturated rings. The van der Waals surface area contributed by atoms with Crippen molar-refractivity contribution >= 4 is 16.1 Å². The first-order valence-corrected chi connectivity index (χ1v) is 9.13. The number of halogens is 3. The maximum atomic E-state index is 12.6. The second kappa shape index (κ2) is 7.53. The van der Waals surface area contributed by atoms with E-state index < -0.39 is 32.8 Å². The van der Waals surface area contributed by atoms with Crippen LogP contribution in [-0.2, 0) is 26.1 Å². The van der Waals surface area contributed by atoms with Crippen molar-refractivity contribution in [1.82, 2.24) is 0 Å². The second-order valence-corrected chi connectivity index (χ2v) is 7.11. The van der Waals surface area contributed by atoms with Crippen molar-refractivity contribution < 1.29 is 35.3 Å². The van der Waals surface area contributed by atoms with Gasteiger partial charge in [0.1, 0.15) is 11.2 Å². The van der Waals surface area contributed by atoms with Crippen LogP contribution in [0.15, 0.2) is 48.6 Å². The van der Waals surface area contributed by atoms with E-state index in [1.807, 2.05) is 0 Å². The molecule has 1 aliphatic carbocycles. The largest absolute Gasteiger partial charge is 0.534 e. The third-order valence-electron chi connectivity index (χ3n) is 3.70. The number of para-hydroxylation sites is 1. The highest BCUT2D eigenvalue weighted by Gasteiger charge is 2.49. The Hall–Kier alpha value is -2.29. The van der Waals surface area contributed by atoms with Crippen LogP contribution in [0.4, 0.5) is 13.2 Å². The third kappa shape index (κ3) is 4.27. The lowest BCUT2D eigenvalue weighted by atomic mass is 9.78. The predicted molar refractivity (Wildman–Crippen MR) is 87.7 cm³/mol. The number of hydrogen-bond acceptors (Lipinski definition) is 5. The topological polar surface area (TPSA) is 69.7 Å². The zero-order chi connectivity index (χ0) is 19.4. The van der Waals surface area contributed by atoms with Crippen LogP contribution in [0, 0.1) is 5.41 Å². The summed E-state index contributed by atoms with van der Waals surface area (Å²) in [6, 6.07) is 5.36. The van der Waals surface area contributed by atoms with Gasteiger partial charge < -0.3 is 8.92 Å². The van der Waals surface area contributed by atoms with Gasteiger partial charge in [0.05, 0.1) is 6.61 Å². The van der Waals surface area contributed by atoms with Crippen LogP contribution in [0.25, 0.3) is 0 Å². The number of allylic oxidation sites excluding steroid dienone is 2. The Morgan fingerprint density at radius 2 is 1.81 bits per heavy atom. The van der Waals surface area contributed by atoms with Crippen molar-refractivity contribution in [2.75, 3.05) is 6.61 Å². The summed E-state index contributed by atoms with van der Waals surface area (Å²) < 4.78 is 69.8. The van der Waals surface area contributed by atoms with Crippen molar-refractivity contribution in [3.63, 3.8) is 0 Å². The molecule has 0 radical (unpaired) electrons. The highest BCUT2D eigenvalue weighted by atomic mass is 32.2. The fraction of sp³-hybridized carbons (Fsp3) is 0.353. The SMILES string of the molecule is CCOC(=O)C1(Cc2ccccc2OS(=O)(=O)C(F)(F)F)C=CCC=C1. The van der Waals surface area contributed by atoms with Gasteiger partial charge in [-0.1, -0.05) is 42.5 Å².